The Morgan fingerprint density at radius 3 is 2.94 bits per heavy atom. The monoisotopic (exact) mass is 243 g/mol. The van der Waals surface area contributed by atoms with Crippen LogP contribution in [0.1, 0.15) is 17.4 Å². The average molecular weight is 243 g/mol. The molecule has 0 aliphatic heterocycles. The maximum absolute atomic E-state index is 10.2. The van der Waals surface area contributed by atoms with Gasteiger partial charge in [-0.2, -0.15) is 0 Å². The van der Waals surface area contributed by atoms with Crippen molar-refractivity contribution in [1.29, 1.82) is 0 Å². The van der Waals surface area contributed by atoms with Crippen LogP contribution in [0.3, 0.4) is 0 Å². The van der Waals surface area contributed by atoms with Gasteiger partial charge in [0.25, 0.3) is 0 Å². The van der Waals surface area contributed by atoms with Crippen molar-refractivity contribution in [3.63, 3.8) is 0 Å². The molecule has 3 heterocycles. The van der Waals surface area contributed by atoms with Crippen molar-refractivity contribution >= 4 is 21.6 Å². The lowest BCUT2D eigenvalue weighted by Gasteiger charge is -2.09. The minimum absolute atomic E-state index is 0.533. The molecule has 0 fully saturated rings. The highest BCUT2D eigenvalue weighted by molar-refractivity contribution is 7.17. The Kier molecular flexibility index (Phi) is 2.55. The molecule has 3 rings (SSSR count). The number of rotatable bonds is 2. The van der Waals surface area contributed by atoms with Crippen LogP contribution in [-0.2, 0) is 0 Å². The molecule has 3 aromatic heterocycles. The molecule has 84 valence electrons. The molecule has 3 aromatic rings. The summed E-state index contributed by atoms with van der Waals surface area (Å²) in [5, 5.41) is 12.1. The third kappa shape index (κ3) is 1.90. The van der Waals surface area contributed by atoms with Crippen LogP contribution in [0.4, 0.5) is 0 Å². The summed E-state index contributed by atoms with van der Waals surface area (Å²) < 4.78 is 1.06. The van der Waals surface area contributed by atoms with E-state index in [4.69, 9.17) is 0 Å². The molecule has 0 aliphatic carbocycles. The molecule has 0 saturated carbocycles. The molecule has 5 heteroatoms. The average Bonchev–Trinajstić information content (AvgIpc) is 2.86. The number of thiophene rings is 1. The van der Waals surface area contributed by atoms with Crippen LogP contribution in [0.5, 0.6) is 0 Å². The molecular weight excluding hydrogens is 234 g/mol. The lowest BCUT2D eigenvalue weighted by Crippen LogP contribution is -2.02. The fraction of sp³-hybridized carbons (Fsp3) is 0.0833. The molecule has 0 aromatic carbocycles. The van der Waals surface area contributed by atoms with Gasteiger partial charge in [-0.1, -0.05) is 0 Å². The molecule has 1 atom stereocenters. The first-order valence-corrected chi connectivity index (χ1v) is 6.00. The number of aliphatic hydroxyl groups excluding tert-OH is 1. The van der Waals surface area contributed by atoms with Crippen LogP contribution in [0.15, 0.2) is 42.3 Å². The highest BCUT2D eigenvalue weighted by Crippen LogP contribution is 2.25. The molecule has 0 bridgehead atoms. The van der Waals surface area contributed by atoms with Crippen LogP contribution in [0, 0.1) is 0 Å². The van der Waals surface area contributed by atoms with Crippen LogP contribution in [0.2, 0.25) is 0 Å². The summed E-state index contributed by atoms with van der Waals surface area (Å²) in [5.74, 6) is 0. The van der Waals surface area contributed by atoms with Crippen LogP contribution < -0.4 is 0 Å². The number of fused-ring (bicyclic) bond motifs is 1. The normalized spacial score (nSPS) is 12.8. The zero-order valence-electron chi connectivity index (χ0n) is 8.82. The molecule has 1 N–H and O–H groups in total. The van der Waals surface area contributed by atoms with Crippen LogP contribution in [-0.4, -0.2) is 20.1 Å². The number of aromatic nitrogens is 3. The fourth-order valence-electron chi connectivity index (χ4n) is 1.63. The Hall–Kier alpha value is -1.85. The molecular formula is C12H9N3OS. The van der Waals surface area contributed by atoms with Gasteiger partial charge in [0, 0.05) is 24.2 Å². The van der Waals surface area contributed by atoms with E-state index in [0.29, 0.717) is 5.69 Å². The van der Waals surface area contributed by atoms with Gasteiger partial charge in [-0.3, -0.25) is 15.0 Å². The third-order valence-electron chi connectivity index (χ3n) is 2.50. The van der Waals surface area contributed by atoms with Gasteiger partial charge in [-0.25, -0.2) is 0 Å². The Balaban J connectivity index is 2.03. The van der Waals surface area contributed by atoms with E-state index in [1.807, 2.05) is 17.5 Å². The van der Waals surface area contributed by atoms with Gasteiger partial charge in [-0.05, 0) is 17.5 Å². The van der Waals surface area contributed by atoms with Crippen molar-refractivity contribution in [2.24, 2.45) is 0 Å². The SMILES string of the molecule is OC(c1cnc2ccsc2c1)c1cnccn1. The van der Waals surface area contributed by atoms with Gasteiger partial charge < -0.3 is 5.11 Å². The standard InChI is InChI=1S/C12H9N3OS/c16-12(10-7-13-2-3-14-10)8-5-11-9(15-6-8)1-4-17-11/h1-7,12,16H. The molecule has 4 nitrogen and oxygen atoms in total. The minimum Gasteiger partial charge on any atom is -0.382 e. The Bertz CT molecular complexity index is 638. The van der Waals surface area contributed by atoms with Crippen molar-refractivity contribution in [3.8, 4) is 0 Å². The second-order valence-electron chi connectivity index (χ2n) is 3.61. The maximum atomic E-state index is 10.2. The summed E-state index contributed by atoms with van der Waals surface area (Å²) in [6.45, 7) is 0. The van der Waals surface area contributed by atoms with E-state index in [2.05, 4.69) is 15.0 Å². The lowest BCUT2D eigenvalue weighted by atomic mass is 10.1. The van der Waals surface area contributed by atoms with E-state index in [1.165, 1.54) is 0 Å². The zero-order chi connectivity index (χ0) is 11.7. The molecule has 0 aliphatic rings. The first-order valence-electron chi connectivity index (χ1n) is 5.12. The number of pyridine rings is 1. The van der Waals surface area contributed by atoms with Gasteiger partial charge in [0.1, 0.15) is 6.10 Å². The molecule has 0 spiro atoms. The number of hydrogen-bond donors (Lipinski definition) is 1. The lowest BCUT2D eigenvalue weighted by molar-refractivity contribution is 0.214. The summed E-state index contributed by atoms with van der Waals surface area (Å²) >= 11 is 1.60. The molecule has 1 unspecified atom stereocenters. The van der Waals surface area contributed by atoms with Crippen molar-refractivity contribution < 1.29 is 5.11 Å². The van der Waals surface area contributed by atoms with E-state index in [1.54, 1.807) is 36.1 Å². The van der Waals surface area contributed by atoms with Gasteiger partial charge >= 0.3 is 0 Å². The second kappa shape index (κ2) is 4.20. The summed E-state index contributed by atoms with van der Waals surface area (Å²) in [6, 6.07) is 3.89. The largest absolute Gasteiger partial charge is 0.382 e. The predicted molar refractivity (Wildman–Crippen MR) is 65.7 cm³/mol. The number of nitrogens with zero attached hydrogens (tertiary/aromatic N) is 3. The molecule has 0 saturated heterocycles. The van der Waals surface area contributed by atoms with Crippen molar-refractivity contribution in [2.45, 2.75) is 6.10 Å². The Labute approximate surface area is 102 Å². The third-order valence-corrected chi connectivity index (χ3v) is 3.36. The number of aliphatic hydroxyl groups is 1. The first kappa shape index (κ1) is 10.3. The highest BCUT2D eigenvalue weighted by Gasteiger charge is 2.13. The Morgan fingerprint density at radius 2 is 2.12 bits per heavy atom. The van der Waals surface area contributed by atoms with Gasteiger partial charge in [0.15, 0.2) is 0 Å². The molecule has 0 radical (unpaired) electrons. The van der Waals surface area contributed by atoms with Crippen LogP contribution >= 0.6 is 11.3 Å². The summed E-state index contributed by atoms with van der Waals surface area (Å²) in [7, 11) is 0. The van der Waals surface area contributed by atoms with Crippen LogP contribution in [0.25, 0.3) is 10.2 Å². The fourth-order valence-corrected chi connectivity index (χ4v) is 2.42. The minimum atomic E-state index is -0.775. The quantitative estimate of drug-likeness (QED) is 0.749. The van der Waals surface area contributed by atoms with Gasteiger partial charge in [0.2, 0.25) is 0 Å². The van der Waals surface area contributed by atoms with E-state index < -0.39 is 6.10 Å². The van der Waals surface area contributed by atoms with E-state index >= 15 is 0 Å². The van der Waals surface area contributed by atoms with Crippen molar-refractivity contribution in [2.75, 3.05) is 0 Å². The van der Waals surface area contributed by atoms with Crippen molar-refractivity contribution in [1.82, 2.24) is 15.0 Å². The van der Waals surface area contributed by atoms with E-state index in [-0.39, 0.29) is 0 Å². The summed E-state index contributed by atoms with van der Waals surface area (Å²) in [5.41, 5.74) is 2.22. The summed E-state index contributed by atoms with van der Waals surface area (Å²) in [4.78, 5) is 12.3. The molecule has 17 heavy (non-hydrogen) atoms. The maximum Gasteiger partial charge on any atom is 0.124 e. The van der Waals surface area contributed by atoms with Gasteiger partial charge in [-0.15, -0.1) is 11.3 Å². The Morgan fingerprint density at radius 1 is 1.18 bits per heavy atom. The van der Waals surface area contributed by atoms with Gasteiger partial charge in [0.05, 0.1) is 22.1 Å². The number of hydrogen-bond acceptors (Lipinski definition) is 5. The smallest absolute Gasteiger partial charge is 0.124 e. The van der Waals surface area contributed by atoms with Crippen molar-refractivity contribution in [3.05, 3.63) is 53.6 Å². The summed E-state index contributed by atoms with van der Waals surface area (Å²) in [6.07, 6.45) is 5.60. The predicted octanol–water partition coefficient (Wildman–Crippen LogP) is 2.17. The topological polar surface area (TPSA) is 58.9 Å². The first-order chi connectivity index (χ1) is 8.34. The zero-order valence-corrected chi connectivity index (χ0v) is 9.63. The van der Waals surface area contributed by atoms with E-state index in [9.17, 15) is 5.11 Å². The highest BCUT2D eigenvalue weighted by atomic mass is 32.1. The second-order valence-corrected chi connectivity index (χ2v) is 4.55. The molecule has 0 amide bonds. The van der Waals surface area contributed by atoms with E-state index in [0.717, 1.165) is 15.8 Å².